The first-order valence-electron chi connectivity index (χ1n) is 10.3. The lowest BCUT2D eigenvalue weighted by molar-refractivity contribution is -0.128. The Bertz CT molecular complexity index is 981. The number of rotatable bonds is 7. The maximum atomic E-state index is 12.9. The maximum Gasteiger partial charge on any atom is 0.251 e. The SMILES string of the molecule is COc1cc2ncnc(N3CCC(N4C(=O)C(CCSC)NC4=S)CC3)c2cc1OC. The Labute approximate surface area is 191 Å². The summed E-state index contributed by atoms with van der Waals surface area (Å²) in [7, 11) is 3.23. The number of amides is 1. The fourth-order valence-corrected chi connectivity index (χ4v) is 5.14. The molecule has 2 aliphatic heterocycles. The summed E-state index contributed by atoms with van der Waals surface area (Å²) < 4.78 is 10.9. The van der Waals surface area contributed by atoms with Crippen molar-refractivity contribution in [1.29, 1.82) is 0 Å². The molecule has 3 heterocycles. The van der Waals surface area contributed by atoms with E-state index >= 15 is 0 Å². The van der Waals surface area contributed by atoms with E-state index in [1.54, 1.807) is 32.3 Å². The lowest BCUT2D eigenvalue weighted by atomic mass is 10.0. The number of thiocarbonyl (C=S) groups is 1. The molecule has 31 heavy (non-hydrogen) atoms. The van der Waals surface area contributed by atoms with Crippen molar-refractivity contribution in [2.75, 3.05) is 44.2 Å². The van der Waals surface area contributed by atoms with Crippen LogP contribution >= 0.6 is 24.0 Å². The Hall–Kier alpha value is -2.33. The van der Waals surface area contributed by atoms with Gasteiger partial charge >= 0.3 is 0 Å². The van der Waals surface area contributed by atoms with Gasteiger partial charge in [0.1, 0.15) is 18.2 Å². The van der Waals surface area contributed by atoms with E-state index in [0.717, 1.165) is 54.8 Å². The molecular weight excluding hydrogens is 434 g/mol. The number of benzene rings is 1. The number of aromatic nitrogens is 2. The Morgan fingerprint density at radius 1 is 1.19 bits per heavy atom. The second-order valence-electron chi connectivity index (χ2n) is 7.63. The van der Waals surface area contributed by atoms with Crippen molar-refractivity contribution in [2.45, 2.75) is 31.3 Å². The average molecular weight is 462 g/mol. The minimum absolute atomic E-state index is 0.113. The van der Waals surface area contributed by atoms with Crippen molar-refractivity contribution < 1.29 is 14.3 Å². The largest absolute Gasteiger partial charge is 0.493 e. The molecule has 4 rings (SSSR count). The van der Waals surface area contributed by atoms with E-state index in [-0.39, 0.29) is 18.0 Å². The average Bonchev–Trinajstić information content (AvgIpc) is 3.09. The van der Waals surface area contributed by atoms with E-state index in [9.17, 15) is 4.79 Å². The molecule has 1 atom stereocenters. The second-order valence-corrected chi connectivity index (χ2v) is 9.00. The van der Waals surface area contributed by atoms with Gasteiger partial charge in [-0.05, 0) is 49.6 Å². The molecule has 8 nitrogen and oxygen atoms in total. The molecule has 1 aromatic heterocycles. The van der Waals surface area contributed by atoms with Crippen LogP contribution in [0.3, 0.4) is 0 Å². The van der Waals surface area contributed by atoms with Crippen LogP contribution in [0.25, 0.3) is 10.9 Å². The summed E-state index contributed by atoms with van der Waals surface area (Å²) in [6.45, 7) is 1.57. The van der Waals surface area contributed by atoms with Gasteiger partial charge in [0.2, 0.25) is 0 Å². The molecule has 0 aliphatic carbocycles. The summed E-state index contributed by atoms with van der Waals surface area (Å²) >= 11 is 7.23. The van der Waals surface area contributed by atoms with E-state index < -0.39 is 0 Å². The highest BCUT2D eigenvalue weighted by molar-refractivity contribution is 7.98. The zero-order valence-electron chi connectivity index (χ0n) is 18.0. The summed E-state index contributed by atoms with van der Waals surface area (Å²) in [5.41, 5.74) is 0.807. The van der Waals surface area contributed by atoms with Gasteiger partial charge in [0.25, 0.3) is 5.91 Å². The number of ether oxygens (including phenoxy) is 2. The standard InChI is InChI=1S/C21H27N5O3S2/c1-28-17-10-14-16(11-18(17)29-2)22-12-23-19(14)25-7-4-13(5-8-25)26-20(27)15(6-9-31-3)24-21(26)30/h10-13,15H,4-9H2,1-3H3,(H,24,30). The predicted octanol–water partition coefficient (Wildman–Crippen LogP) is 2.45. The number of thioether (sulfide) groups is 1. The third kappa shape index (κ3) is 4.23. The number of methoxy groups -OCH3 is 2. The number of nitrogens with one attached hydrogen (secondary N) is 1. The van der Waals surface area contributed by atoms with Gasteiger partial charge in [-0.2, -0.15) is 11.8 Å². The molecule has 0 radical (unpaired) electrons. The number of fused-ring (bicyclic) bond motifs is 1. The number of carbonyl (C=O) groups is 1. The summed E-state index contributed by atoms with van der Waals surface area (Å²) in [6.07, 6.45) is 6.10. The summed E-state index contributed by atoms with van der Waals surface area (Å²) in [5, 5.41) is 4.70. The van der Waals surface area contributed by atoms with Crippen LogP contribution in [-0.4, -0.2) is 77.3 Å². The van der Waals surface area contributed by atoms with E-state index in [1.807, 2.05) is 23.3 Å². The number of hydrogen-bond donors (Lipinski definition) is 1. The third-order valence-electron chi connectivity index (χ3n) is 5.91. The highest BCUT2D eigenvalue weighted by Crippen LogP contribution is 2.35. The molecule has 0 spiro atoms. The van der Waals surface area contributed by atoms with Crippen LogP contribution in [0, 0.1) is 0 Å². The number of carbonyl (C=O) groups excluding carboxylic acids is 1. The van der Waals surface area contributed by atoms with Crippen LogP contribution in [0.5, 0.6) is 11.5 Å². The Morgan fingerprint density at radius 3 is 2.58 bits per heavy atom. The van der Waals surface area contributed by atoms with Crippen LogP contribution in [0.1, 0.15) is 19.3 Å². The molecule has 10 heteroatoms. The number of piperidine rings is 1. The van der Waals surface area contributed by atoms with Crippen LogP contribution in [0.2, 0.25) is 0 Å². The van der Waals surface area contributed by atoms with Crippen molar-refractivity contribution in [3.63, 3.8) is 0 Å². The molecule has 1 amide bonds. The normalized spacial score (nSPS) is 19.8. The topological polar surface area (TPSA) is 79.8 Å². The molecule has 0 bridgehead atoms. The van der Waals surface area contributed by atoms with Crippen molar-refractivity contribution >= 4 is 51.7 Å². The fraction of sp³-hybridized carbons (Fsp3) is 0.524. The molecule has 1 unspecified atom stereocenters. The molecule has 2 aliphatic rings. The smallest absolute Gasteiger partial charge is 0.251 e. The first-order chi connectivity index (χ1) is 15.1. The van der Waals surface area contributed by atoms with Crippen molar-refractivity contribution in [3.05, 3.63) is 18.5 Å². The fourth-order valence-electron chi connectivity index (χ4n) is 4.28. The van der Waals surface area contributed by atoms with Gasteiger partial charge in [-0.1, -0.05) is 0 Å². The van der Waals surface area contributed by atoms with Crippen molar-refractivity contribution in [3.8, 4) is 11.5 Å². The van der Waals surface area contributed by atoms with Gasteiger partial charge in [0, 0.05) is 30.6 Å². The predicted molar refractivity (Wildman–Crippen MR) is 127 cm³/mol. The third-order valence-corrected chi connectivity index (χ3v) is 6.87. The molecule has 2 aromatic rings. The molecule has 0 saturated carbocycles. The Morgan fingerprint density at radius 2 is 1.90 bits per heavy atom. The Kier molecular flexibility index (Phi) is 6.66. The first-order valence-corrected chi connectivity index (χ1v) is 12.1. The van der Waals surface area contributed by atoms with Gasteiger partial charge in [-0.3, -0.25) is 9.69 Å². The van der Waals surface area contributed by atoms with Gasteiger partial charge in [0.15, 0.2) is 16.6 Å². The molecule has 2 saturated heterocycles. The first kappa shape index (κ1) is 21.9. The van der Waals surface area contributed by atoms with E-state index in [1.165, 1.54) is 0 Å². The van der Waals surface area contributed by atoms with Gasteiger partial charge in [-0.15, -0.1) is 0 Å². The minimum atomic E-state index is -0.189. The van der Waals surface area contributed by atoms with Crippen molar-refractivity contribution in [2.24, 2.45) is 0 Å². The summed E-state index contributed by atoms with van der Waals surface area (Å²) in [4.78, 5) is 25.9. The molecule has 1 aromatic carbocycles. The molecule has 1 N–H and O–H groups in total. The lowest BCUT2D eigenvalue weighted by Crippen LogP contribution is -2.48. The minimum Gasteiger partial charge on any atom is -0.493 e. The van der Waals surface area contributed by atoms with Gasteiger partial charge in [0.05, 0.1) is 19.7 Å². The van der Waals surface area contributed by atoms with Gasteiger partial charge in [-0.25, -0.2) is 9.97 Å². The number of nitrogens with zero attached hydrogens (tertiary/aromatic N) is 4. The summed E-state index contributed by atoms with van der Waals surface area (Å²) in [6, 6.07) is 3.72. The summed E-state index contributed by atoms with van der Waals surface area (Å²) in [5.74, 6) is 3.21. The van der Waals surface area contributed by atoms with Crippen LogP contribution in [0.15, 0.2) is 18.5 Å². The lowest BCUT2D eigenvalue weighted by Gasteiger charge is -2.37. The molecular formula is C21H27N5O3S2. The van der Waals surface area contributed by atoms with Crippen LogP contribution in [0.4, 0.5) is 5.82 Å². The van der Waals surface area contributed by atoms with Crippen molar-refractivity contribution in [1.82, 2.24) is 20.2 Å². The highest BCUT2D eigenvalue weighted by atomic mass is 32.2. The van der Waals surface area contributed by atoms with Crippen LogP contribution in [-0.2, 0) is 4.79 Å². The second kappa shape index (κ2) is 9.44. The van der Waals surface area contributed by atoms with E-state index in [4.69, 9.17) is 21.7 Å². The maximum absolute atomic E-state index is 12.9. The molecule has 2 fully saturated rings. The van der Waals surface area contributed by atoms with Gasteiger partial charge < -0.3 is 19.7 Å². The zero-order valence-corrected chi connectivity index (χ0v) is 19.6. The van der Waals surface area contributed by atoms with E-state index in [0.29, 0.717) is 16.6 Å². The zero-order chi connectivity index (χ0) is 22.0. The Balaban J connectivity index is 1.50. The quantitative estimate of drug-likeness (QED) is 0.626. The number of anilines is 1. The number of hydrogen-bond acceptors (Lipinski definition) is 8. The molecule has 166 valence electrons. The van der Waals surface area contributed by atoms with Crippen LogP contribution < -0.4 is 19.7 Å². The highest BCUT2D eigenvalue weighted by Gasteiger charge is 2.40. The van der Waals surface area contributed by atoms with E-state index in [2.05, 4.69) is 20.2 Å². The monoisotopic (exact) mass is 461 g/mol.